The summed E-state index contributed by atoms with van der Waals surface area (Å²) in [5.41, 5.74) is 4.16. The van der Waals surface area contributed by atoms with Crippen LogP contribution in [0.2, 0.25) is 0 Å². The number of nitrogens with zero attached hydrogens (tertiary/aromatic N) is 2. The number of carbonyl (C=O) groups excluding carboxylic acids is 3. The van der Waals surface area contributed by atoms with Gasteiger partial charge in [0, 0.05) is 43.5 Å². The van der Waals surface area contributed by atoms with Gasteiger partial charge in [0.2, 0.25) is 17.7 Å². The molecule has 0 unspecified atom stereocenters. The van der Waals surface area contributed by atoms with Crippen molar-refractivity contribution in [3.63, 3.8) is 0 Å². The minimum Gasteiger partial charge on any atom is -0.346 e. The molecule has 0 radical (unpaired) electrons. The number of hydrogen-bond donors (Lipinski definition) is 4. The van der Waals surface area contributed by atoms with Crippen molar-refractivity contribution >= 4 is 23.4 Å². The molecule has 2 atom stereocenters. The molecule has 216 valence electrons. The Balaban J connectivity index is 1.91. The lowest BCUT2D eigenvalue weighted by Gasteiger charge is -2.43. The van der Waals surface area contributed by atoms with E-state index in [-0.39, 0.29) is 38.1 Å². The van der Waals surface area contributed by atoms with E-state index in [1.54, 1.807) is 18.2 Å². The first kappa shape index (κ1) is 30.7. The molecule has 0 bridgehead atoms. The number of hydrogen-bond acceptors (Lipinski definition) is 6. The SMILES string of the molecule is CC(C)(N)C(=O)N[C@H](CCc1ccccc1)C(=O)N1CCC(=N)[C@](Cc2ccccn2)(C(=O)NCC(F)(F)F)C1. The van der Waals surface area contributed by atoms with Gasteiger partial charge in [0.05, 0.1) is 5.54 Å². The number of carbonyl (C=O) groups is 3. The highest BCUT2D eigenvalue weighted by atomic mass is 19.4. The monoisotopic (exact) mass is 560 g/mol. The summed E-state index contributed by atoms with van der Waals surface area (Å²) in [7, 11) is 0. The van der Waals surface area contributed by atoms with E-state index in [4.69, 9.17) is 11.1 Å². The van der Waals surface area contributed by atoms with Gasteiger partial charge in [-0.2, -0.15) is 13.2 Å². The number of pyridine rings is 1. The zero-order chi connectivity index (χ0) is 29.6. The van der Waals surface area contributed by atoms with E-state index in [1.807, 2.05) is 35.6 Å². The van der Waals surface area contributed by atoms with Gasteiger partial charge in [-0.15, -0.1) is 0 Å². The Bertz CT molecular complexity index is 1200. The lowest BCUT2D eigenvalue weighted by Crippen LogP contribution is -2.63. The molecule has 1 aromatic carbocycles. The van der Waals surface area contributed by atoms with E-state index in [0.29, 0.717) is 12.1 Å². The predicted octanol–water partition coefficient (Wildman–Crippen LogP) is 2.40. The van der Waals surface area contributed by atoms with Crippen LogP contribution in [0, 0.1) is 10.8 Å². The smallest absolute Gasteiger partial charge is 0.346 e. The number of aromatic nitrogens is 1. The molecule has 12 heteroatoms. The molecule has 0 saturated carbocycles. The van der Waals surface area contributed by atoms with Crippen LogP contribution in [0.15, 0.2) is 54.7 Å². The van der Waals surface area contributed by atoms with Crippen LogP contribution in [0.25, 0.3) is 0 Å². The second-order valence-corrected chi connectivity index (χ2v) is 10.6. The van der Waals surface area contributed by atoms with Gasteiger partial charge in [0.25, 0.3) is 0 Å². The Morgan fingerprint density at radius 2 is 1.80 bits per heavy atom. The number of nitrogens with one attached hydrogen (secondary N) is 3. The van der Waals surface area contributed by atoms with E-state index in [2.05, 4.69) is 10.3 Å². The third-order valence-corrected chi connectivity index (χ3v) is 6.83. The topological polar surface area (TPSA) is 141 Å². The lowest BCUT2D eigenvalue weighted by molar-refractivity contribution is -0.146. The Kier molecular flexibility index (Phi) is 9.67. The number of halogens is 3. The molecule has 0 spiro atoms. The number of nitrogens with two attached hydrogens (primary N) is 1. The number of likely N-dealkylation sites (tertiary alicyclic amines) is 1. The molecular weight excluding hydrogens is 525 g/mol. The van der Waals surface area contributed by atoms with Crippen molar-refractivity contribution in [3.8, 4) is 0 Å². The summed E-state index contributed by atoms with van der Waals surface area (Å²) < 4.78 is 39.0. The number of aryl methyl sites for hydroxylation is 1. The molecule has 2 aromatic rings. The van der Waals surface area contributed by atoms with Gasteiger partial charge in [0.1, 0.15) is 18.0 Å². The van der Waals surface area contributed by atoms with Gasteiger partial charge in [-0.1, -0.05) is 36.4 Å². The average molecular weight is 561 g/mol. The Hall–Kier alpha value is -3.80. The second kappa shape index (κ2) is 12.6. The van der Waals surface area contributed by atoms with Crippen LogP contribution in [0.4, 0.5) is 13.2 Å². The highest BCUT2D eigenvalue weighted by Crippen LogP contribution is 2.32. The fourth-order valence-electron chi connectivity index (χ4n) is 4.57. The first-order valence-corrected chi connectivity index (χ1v) is 13.0. The number of benzene rings is 1. The van der Waals surface area contributed by atoms with Gasteiger partial charge in [-0.05, 0) is 44.4 Å². The normalized spacial score (nSPS) is 18.6. The standard InChI is InChI=1S/C28H35F3N6O3/c1-26(2,33)24(39)36-21(12-11-19-8-4-3-5-9-19)23(38)37-15-13-22(32)27(18-37,16-20-10-6-7-14-34-20)25(40)35-17-28(29,30)31/h3-10,14,21,32H,11-13,15-18,33H2,1-2H3,(H,35,40)(H,36,39)/t21-,27-/m1/s1. The average Bonchev–Trinajstić information content (AvgIpc) is 2.90. The van der Waals surface area contributed by atoms with Crippen LogP contribution in [0.1, 0.15) is 37.9 Å². The van der Waals surface area contributed by atoms with Crippen molar-refractivity contribution in [2.75, 3.05) is 19.6 Å². The minimum atomic E-state index is -4.66. The fraction of sp³-hybridized carbons (Fsp3) is 0.464. The quantitative estimate of drug-likeness (QED) is 0.353. The van der Waals surface area contributed by atoms with Crippen LogP contribution < -0.4 is 16.4 Å². The maximum Gasteiger partial charge on any atom is 0.405 e. The summed E-state index contributed by atoms with van der Waals surface area (Å²) in [6, 6.07) is 13.3. The molecular formula is C28H35F3N6O3. The largest absolute Gasteiger partial charge is 0.405 e. The van der Waals surface area contributed by atoms with Gasteiger partial charge in [-0.3, -0.25) is 19.4 Å². The summed E-state index contributed by atoms with van der Waals surface area (Å²) in [6.45, 7) is 1.17. The molecule has 5 N–H and O–H groups in total. The molecule has 1 aliphatic heterocycles. The van der Waals surface area contributed by atoms with Crippen molar-refractivity contribution in [1.82, 2.24) is 20.5 Å². The molecule has 9 nitrogen and oxygen atoms in total. The van der Waals surface area contributed by atoms with E-state index >= 15 is 0 Å². The van der Waals surface area contributed by atoms with Crippen molar-refractivity contribution in [3.05, 3.63) is 66.0 Å². The van der Waals surface area contributed by atoms with Crippen LogP contribution in [0.5, 0.6) is 0 Å². The number of alkyl halides is 3. The predicted molar refractivity (Wildman–Crippen MR) is 143 cm³/mol. The Morgan fingerprint density at radius 1 is 1.12 bits per heavy atom. The van der Waals surface area contributed by atoms with Gasteiger partial charge < -0.3 is 26.7 Å². The van der Waals surface area contributed by atoms with Crippen LogP contribution in [-0.4, -0.2) is 70.7 Å². The highest BCUT2D eigenvalue weighted by Gasteiger charge is 2.49. The molecule has 1 aromatic heterocycles. The maximum atomic E-state index is 13.8. The Morgan fingerprint density at radius 3 is 2.40 bits per heavy atom. The molecule has 3 amide bonds. The van der Waals surface area contributed by atoms with E-state index in [0.717, 1.165) is 5.56 Å². The van der Waals surface area contributed by atoms with Gasteiger partial charge in [-0.25, -0.2) is 0 Å². The van der Waals surface area contributed by atoms with Gasteiger partial charge in [0.15, 0.2) is 0 Å². The molecule has 1 fully saturated rings. The Labute approximate surface area is 231 Å². The van der Waals surface area contributed by atoms with Crippen molar-refractivity contribution in [2.45, 2.75) is 57.3 Å². The third kappa shape index (κ3) is 8.10. The van der Waals surface area contributed by atoms with Crippen LogP contribution >= 0.6 is 0 Å². The summed E-state index contributed by atoms with van der Waals surface area (Å²) >= 11 is 0. The maximum absolute atomic E-state index is 13.8. The molecule has 40 heavy (non-hydrogen) atoms. The summed E-state index contributed by atoms with van der Waals surface area (Å²) in [5.74, 6) is -2.06. The number of amides is 3. The second-order valence-electron chi connectivity index (χ2n) is 10.6. The minimum absolute atomic E-state index is 0.0280. The first-order valence-electron chi connectivity index (χ1n) is 13.0. The van der Waals surface area contributed by atoms with Crippen molar-refractivity contribution < 1.29 is 27.6 Å². The lowest BCUT2D eigenvalue weighted by atomic mass is 9.73. The molecule has 1 saturated heterocycles. The number of piperidine rings is 1. The fourth-order valence-corrected chi connectivity index (χ4v) is 4.57. The van der Waals surface area contributed by atoms with Gasteiger partial charge >= 0.3 is 6.18 Å². The van der Waals surface area contributed by atoms with Crippen LogP contribution in [-0.2, 0) is 27.2 Å². The summed E-state index contributed by atoms with van der Waals surface area (Å²) in [6.07, 6.45) is -2.69. The molecule has 0 aliphatic carbocycles. The first-order chi connectivity index (χ1) is 18.7. The van der Waals surface area contributed by atoms with E-state index < -0.39 is 47.4 Å². The summed E-state index contributed by atoms with van der Waals surface area (Å²) in [4.78, 5) is 45.5. The third-order valence-electron chi connectivity index (χ3n) is 6.83. The molecule has 3 rings (SSSR count). The zero-order valence-electron chi connectivity index (χ0n) is 22.6. The van der Waals surface area contributed by atoms with Crippen LogP contribution in [0.3, 0.4) is 0 Å². The van der Waals surface area contributed by atoms with E-state index in [9.17, 15) is 27.6 Å². The molecule has 1 aliphatic rings. The van der Waals surface area contributed by atoms with Crippen molar-refractivity contribution in [1.29, 1.82) is 5.41 Å². The summed E-state index contributed by atoms with van der Waals surface area (Å²) in [5, 5.41) is 13.3. The zero-order valence-corrected chi connectivity index (χ0v) is 22.6. The highest BCUT2D eigenvalue weighted by molar-refractivity contribution is 6.09. The van der Waals surface area contributed by atoms with Crippen molar-refractivity contribution in [2.24, 2.45) is 11.1 Å². The number of rotatable bonds is 10. The molecule has 2 heterocycles. The van der Waals surface area contributed by atoms with E-state index in [1.165, 1.54) is 24.9 Å².